The quantitative estimate of drug-likeness (QED) is 0.825. The molecule has 0 radical (unpaired) electrons. The molecule has 0 saturated heterocycles. The lowest BCUT2D eigenvalue weighted by atomic mass is 10.2. The third-order valence-corrected chi connectivity index (χ3v) is 3.11. The van der Waals surface area contributed by atoms with E-state index in [1.165, 1.54) is 5.56 Å². The molecule has 0 N–H and O–H groups in total. The van der Waals surface area contributed by atoms with E-state index in [1.54, 1.807) is 12.1 Å². The molecule has 2 nitrogen and oxygen atoms in total. The van der Waals surface area contributed by atoms with Crippen molar-refractivity contribution >= 4 is 15.9 Å². The van der Waals surface area contributed by atoms with Crippen molar-refractivity contribution in [1.29, 1.82) is 5.26 Å². The van der Waals surface area contributed by atoms with Gasteiger partial charge >= 0.3 is 0 Å². The zero-order valence-corrected chi connectivity index (χ0v) is 11.6. The number of nitrogens with zero attached hydrogens (tertiary/aromatic N) is 1. The van der Waals surface area contributed by atoms with Crippen molar-refractivity contribution in [3.63, 3.8) is 0 Å². The van der Waals surface area contributed by atoms with Crippen molar-refractivity contribution in [3.8, 4) is 17.6 Å². The smallest absolute Gasteiger partial charge is 0.145 e. The van der Waals surface area contributed by atoms with Crippen LogP contribution < -0.4 is 4.74 Å². The predicted octanol–water partition coefficient (Wildman–Crippen LogP) is 4.68. The Morgan fingerprint density at radius 1 is 1.17 bits per heavy atom. The standard InChI is InChI=1S/C15H12BrNO/c1-2-11-3-6-14(7-4-11)18-15-8-5-13(16)9-12(15)10-17/h3-9H,2H2,1H3. The van der Waals surface area contributed by atoms with Gasteiger partial charge in [0.15, 0.2) is 0 Å². The zero-order valence-electron chi connectivity index (χ0n) is 9.98. The van der Waals surface area contributed by atoms with Crippen LogP contribution in [0.5, 0.6) is 11.5 Å². The van der Waals surface area contributed by atoms with Crippen LogP contribution in [-0.4, -0.2) is 0 Å². The highest BCUT2D eigenvalue weighted by Gasteiger charge is 2.05. The van der Waals surface area contributed by atoms with Crippen molar-refractivity contribution < 1.29 is 4.74 Å². The van der Waals surface area contributed by atoms with E-state index in [4.69, 9.17) is 10.00 Å². The molecular formula is C15H12BrNO. The number of hydrogen-bond acceptors (Lipinski definition) is 2. The molecule has 2 aromatic carbocycles. The summed E-state index contributed by atoms with van der Waals surface area (Å²) in [5, 5.41) is 9.05. The van der Waals surface area contributed by atoms with E-state index in [0.717, 1.165) is 16.6 Å². The van der Waals surface area contributed by atoms with Gasteiger partial charge in [-0.2, -0.15) is 5.26 Å². The lowest BCUT2D eigenvalue weighted by Crippen LogP contribution is -1.89. The van der Waals surface area contributed by atoms with Gasteiger partial charge in [0.1, 0.15) is 17.6 Å². The molecule has 0 fully saturated rings. The second-order valence-electron chi connectivity index (χ2n) is 3.85. The molecule has 0 aliphatic rings. The van der Waals surface area contributed by atoms with Gasteiger partial charge < -0.3 is 4.74 Å². The van der Waals surface area contributed by atoms with E-state index in [-0.39, 0.29) is 0 Å². The lowest BCUT2D eigenvalue weighted by Gasteiger charge is -2.08. The Labute approximate surface area is 115 Å². The minimum atomic E-state index is 0.518. The molecule has 0 amide bonds. The van der Waals surface area contributed by atoms with Crippen LogP contribution in [0, 0.1) is 11.3 Å². The normalized spacial score (nSPS) is 9.83. The SMILES string of the molecule is CCc1ccc(Oc2ccc(Br)cc2C#N)cc1. The Morgan fingerprint density at radius 2 is 1.89 bits per heavy atom. The largest absolute Gasteiger partial charge is 0.456 e. The van der Waals surface area contributed by atoms with E-state index < -0.39 is 0 Å². The van der Waals surface area contributed by atoms with Crippen molar-refractivity contribution in [1.82, 2.24) is 0 Å². The minimum absolute atomic E-state index is 0.518. The number of hydrogen-bond donors (Lipinski definition) is 0. The molecule has 0 aromatic heterocycles. The average Bonchev–Trinajstić information content (AvgIpc) is 2.41. The first-order valence-electron chi connectivity index (χ1n) is 5.69. The summed E-state index contributed by atoms with van der Waals surface area (Å²) in [4.78, 5) is 0. The van der Waals surface area contributed by atoms with Crippen LogP contribution in [0.3, 0.4) is 0 Å². The first kappa shape index (κ1) is 12.7. The van der Waals surface area contributed by atoms with Crippen LogP contribution in [0.15, 0.2) is 46.9 Å². The van der Waals surface area contributed by atoms with Crippen LogP contribution in [-0.2, 0) is 6.42 Å². The fourth-order valence-electron chi connectivity index (χ4n) is 1.60. The molecule has 2 aromatic rings. The van der Waals surface area contributed by atoms with E-state index in [1.807, 2.05) is 30.3 Å². The molecule has 0 heterocycles. The van der Waals surface area contributed by atoms with Crippen molar-refractivity contribution in [2.75, 3.05) is 0 Å². The fraction of sp³-hybridized carbons (Fsp3) is 0.133. The van der Waals surface area contributed by atoms with Gasteiger partial charge in [-0.05, 0) is 42.3 Å². The van der Waals surface area contributed by atoms with Crippen LogP contribution in [0.4, 0.5) is 0 Å². The molecule has 0 bridgehead atoms. The number of aryl methyl sites for hydroxylation is 1. The maximum absolute atomic E-state index is 9.05. The van der Waals surface area contributed by atoms with Gasteiger partial charge in [-0.25, -0.2) is 0 Å². The molecular weight excluding hydrogens is 290 g/mol. The fourth-order valence-corrected chi connectivity index (χ4v) is 1.96. The van der Waals surface area contributed by atoms with Crippen molar-refractivity contribution in [3.05, 3.63) is 58.1 Å². The molecule has 0 saturated carbocycles. The van der Waals surface area contributed by atoms with Gasteiger partial charge in [-0.3, -0.25) is 0 Å². The third-order valence-electron chi connectivity index (χ3n) is 2.62. The molecule has 0 spiro atoms. The van der Waals surface area contributed by atoms with Gasteiger partial charge in [0.05, 0.1) is 5.56 Å². The number of benzene rings is 2. The highest BCUT2D eigenvalue weighted by atomic mass is 79.9. The number of nitriles is 1. The van der Waals surface area contributed by atoms with Crippen LogP contribution in [0.1, 0.15) is 18.1 Å². The number of halogens is 1. The molecule has 0 aliphatic carbocycles. The predicted molar refractivity (Wildman–Crippen MR) is 74.8 cm³/mol. The topological polar surface area (TPSA) is 33.0 Å². The van der Waals surface area contributed by atoms with Crippen LogP contribution in [0.2, 0.25) is 0 Å². The van der Waals surface area contributed by atoms with Crippen LogP contribution in [0.25, 0.3) is 0 Å². The number of rotatable bonds is 3. The highest BCUT2D eigenvalue weighted by Crippen LogP contribution is 2.27. The summed E-state index contributed by atoms with van der Waals surface area (Å²) in [5.74, 6) is 1.32. The second-order valence-corrected chi connectivity index (χ2v) is 4.77. The first-order chi connectivity index (χ1) is 8.72. The Kier molecular flexibility index (Phi) is 4.01. The molecule has 0 unspecified atom stereocenters. The lowest BCUT2D eigenvalue weighted by molar-refractivity contribution is 0.481. The Morgan fingerprint density at radius 3 is 2.50 bits per heavy atom. The summed E-state index contributed by atoms with van der Waals surface area (Å²) in [5.41, 5.74) is 1.78. The summed E-state index contributed by atoms with van der Waals surface area (Å²) in [6, 6.07) is 15.4. The van der Waals surface area contributed by atoms with Gasteiger partial charge in [0.25, 0.3) is 0 Å². The van der Waals surface area contributed by atoms with Gasteiger partial charge in [-0.15, -0.1) is 0 Å². The minimum Gasteiger partial charge on any atom is -0.456 e. The van der Waals surface area contributed by atoms with E-state index in [0.29, 0.717) is 11.3 Å². The molecule has 0 aliphatic heterocycles. The maximum Gasteiger partial charge on any atom is 0.145 e. The summed E-state index contributed by atoms with van der Waals surface area (Å²) in [7, 11) is 0. The first-order valence-corrected chi connectivity index (χ1v) is 6.48. The van der Waals surface area contributed by atoms with E-state index in [2.05, 4.69) is 28.9 Å². The monoisotopic (exact) mass is 301 g/mol. The summed E-state index contributed by atoms with van der Waals surface area (Å²) in [6.45, 7) is 2.11. The van der Waals surface area contributed by atoms with Crippen molar-refractivity contribution in [2.45, 2.75) is 13.3 Å². The van der Waals surface area contributed by atoms with Gasteiger partial charge in [0, 0.05) is 4.47 Å². The molecule has 90 valence electrons. The molecule has 18 heavy (non-hydrogen) atoms. The summed E-state index contributed by atoms with van der Waals surface area (Å²) < 4.78 is 6.58. The Bertz CT molecular complexity index is 584. The van der Waals surface area contributed by atoms with E-state index in [9.17, 15) is 0 Å². The molecule has 0 atom stereocenters. The Hall–Kier alpha value is -1.79. The summed E-state index contributed by atoms with van der Waals surface area (Å²) >= 11 is 3.33. The second kappa shape index (κ2) is 5.70. The average molecular weight is 302 g/mol. The van der Waals surface area contributed by atoms with Gasteiger partial charge in [0.2, 0.25) is 0 Å². The maximum atomic E-state index is 9.05. The van der Waals surface area contributed by atoms with Gasteiger partial charge in [-0.1, -0.05) is 35.0 Å². The third kappa shape index (κ3) is 2.91. The Balaban J connectivity index is 2.25. The van der Waals surface area contributed by atoms with Crippen LogP contribution >= 0.6 is 15.9 Å². The molecule has 3 heteroatoms. The highest BCUT2D eigenvalue weighted by molar-refractivity contribution is 9.10. The van der Waals surface area contributed by atoms with Crippen molar-refractivity contribution in [2.24, 2.45) is 0 Å². The molecule has 2 rings (SSSR count). The summed E-state index contributed by atoms with van der Waals surface area (Å²) in [6.07, 6.45) is 1.00. The van der Waals surface area contributed by atoms with E-state index >= 15 is 0 Å². The number of ether oxygens (including phenoxy) is 1. The zero-order chi connectivity index (χ0) is 13.0.